The second-order valence-electron chi connectivity index (χ2n) is 12.6. The highest BCUT2D eigenvalue weighted by Gasteiger charge is 2.39. The Morgan fingerprint density at radius 2 is 1.11 bits per heavy atom. The summed E-state index contributed by atoms with van der Waals surface area (Å²) < 4.78 is 5.28. The molecule has 4 saturated heterocycles. The summed E-state index contributed by atoms with van der Waals surface area (Å²) in [5, 5.41) is 16.5. The summed E-state index contributed by atoms with van der Waals surface area (Å²) in [6.45, 7) is 7.65. The van der Waals surface area contributed by atoms with Crippen molar-refractivity contribution in [2.24, 2.45) is 0 Å². The minimum atomic E-state index is -0.0307. The zero-order valence-corrected chi connectivity index (χ0v) is 24.2. The maximum absolute atomic E-state index is 9.79. The fourth-order valence-electron chi connectivity index (χ4n) is 7.55. The predicted octanol–water partition coefficient (Wildman–Crippen LogP) is 4.94. The Morgan fingerprint density at radius 3 is 1.59 bits per heavy atom. The van der Waals surface area contributed by atoms with Gasteiger partial charge in [0.1, 0.15) is 0 Å². The number of likely N-dealkylation sites (N-methyl/N-ethyl adjacent to an activating group) is 1. The molecule has 6 atom stereocenters. The molecule has 0 aromatic carbocycles. The molecule has 2 unspecified atom stereocenters. The average Bonchev–Trinajstić information content (AvgIpc) is 3.49. The quantitative estimate of drug-likeness (QED) is 0.456. The van der Waals surface area contributed by atoms with Gasteiger partial charge in [0.25, 0.3) is 0 Å². The molecule has 6 nitrogen and oxygen atoms in total. The predicted molar refractivity (Wildman–Crippen MR) is 156 cm³/mol. The van der Waals surface area contributed by atoms with Crippen LogP contribution < -0.4 is 10.6 Å². The maximum Gasteiger partial charge on any atom is 0.0841 e. The standard InChI is InChI=1S/C11H22N2.C10H19NO.C6H10O.C4H9N.H2/c1-12-10-6-2-3-7-11(10)13-8-4-5-9-13;12-10-6-2-1-5-9(10)11-7-3-4-8-11;1-2-4-6-5(3-1)7-6;1-2-4-5-3-1;/h10-12H,2-9H2,1H3;9-10,12H,1-8H2;5-6H,1-4H2;5H,1-4H2;1H/t10-,11-;9-,10+;;;/m00.../s1/i;;;;1+1. The molecule has 3 N–H and O–H groups in total. The van der Waals surface area contributed by atoms with E-state index in [9.17, 15) is 5.11 Å². The molecule has 6 heteroatoms. The lowest BCUT2D eigenvalue weighted by molar-refractivity contribution is 0.0312. The van der Waals surface area contributed by atoms with Crippen LogP contribution in [-0.4, -0.2) is 97.7 Å². The number of nitrogens with one attached hydrogen (secondary N) is 2. The van der Waals surface area contributed by atoms with Gasteiger partial charge in [-0.05, 0) is 123 Å². The van der Waals surface area contributed by atoms with E-state index in [2.05, 4.69) is 27.5 Å². The van der Waals surface area contributed by atoms with Crippen molar-refractivity contribution in [2.45, 2.75) is 152 Å². The Morgan fingerprint density at radius 1 is 0.622 bits per heavy atom. The third kappa shape index (κ3) is 10.0. The number of aliphatic hydroxyl groups excluding tert-OH is 1. The van der Waals surface area contributed by atoms with Crippen molar-refractivity contribution in [1.82, 2.24) is 20.4 Å². The average molecular weight is 524 g/mol. The Balaban J connectivity index is 0.000000147. The van der Waals surface area contributed by atoms with Crippen LogP contribution in [0.15, 0.2) is 0 Å². The molecule has 0 amide bonds. The minimum Gasteiger partial charge on any atom is -0.391 e. The summed E-state index contributed by atoms with van der Waals surface area (Å²) in [7, 11) is 2.12. The molecule has 37 heavy (non-hydrogen) atoms. The van der Waals surface area contributed by atoms with Crippen LogP contribution in [-0.2, 0) is 4.74 Å². The molecule has 4 aliphatic heterocycles. The summed E-state index contributed by atoms with van der Waals surface area (Å²) in [6.07, 6.45) is 25.6. The molecule has 3 aliphatic carbocycles. The number of rotatable bonds is 3. The number of hydrogen-bond acceptors (Lipinski definition) is 6. The second kappa shape index (κ2) is 16.8. The van der Waals surface area contributed by atoms with E-state index in [0.717, 1.165) is 18.5 Å². The lowest BCUT2D eigenvalue weighted by atomic mass is 9.89. The van der Waals surface area contributed by atoms with Crippen molar-refractivity contribution in [3.05, 3.63) is 0 Å². The minimum absolute atomic E-state index is 0. The number of likely N-dealkylation sites (tertiary alicyclic amines) is 2. The number of epoxide rings is 1. The molecule has 0 aromatic rings. The molecule has 4 heterocycles. The smallest absolute Gasteiger partial charge is 0.0841 e. The molecular formula is C31H62N4O2. The summed E-state index contributed by atoms with van der Waals surface area (Å²) in [5.41, 5.74) is 0. The number of aliphatic hydroxyl groups is 1. The number of hydrogen-bond donors (Lipinski definition) is 3. The van der Waals surface area contributed by atoms with Crippen LogP contribution in [0.1, 0.15) is 117 Å². The molecule has 218 valence electrons. The van der Waals surface area contributed by atoms with Gasteiger partial charge in [-0.3, -0.25) is 9.80 Å². The van der Waals surface area contributed by atoms with Gasteiger partial charge in [-0.15, -0.1) is 0 Å². The van der Waals surface area contributed by atoms with Crippen LogP contribution in [0, 0.1) is 0 Å². The molecule has 0 spiro atoms. The first-order valence-corrected chi connectivity index (χ1v) is 16.5. The summed E-state index contributed by atoms with van der Waals surface area (Å²) in [4.78, 5) is 5.20. The van der Waals surface area contributed by atoms with Gasteiger partial charge in [-0.25, -0.2) is 0 Å². The van der Waals surface area contributed by atoms with Crippen LogP contribution in [0.5, 0.6) is 0 Å². The number of nitrogens with zero attached hydrogens (tertiary/aromatic N) is 2. The molecular weight excluding hydrogens is 460 g/mol. The Hall–Kier alpha value is -0.240. The fourth-order valence-corrected chi connectivity index (χ4v) is 7.55. The first kappa shape index (κ1) is 29.7. The normalized spacial score (nSPS) is 37.8. The largest absolute Gasteiger partial charge is 0.391 e. The summed E-state index contributed by atoms with van der Waals surface area (Å²) >= 11 is 0. The van der Waals surface area contributed by atoms with Gasteiger partial charge in [-0.2, -0.15) is 0 Å². The topological polar surface area (TPSA) is 63.3 Å². The van der Waals surface area contributed by atoms with E-state index < -0.39 is 0 Å². The molecule has 7 aliphatic rings. The zero-order chi connectivity index (χ0) is 25.7. The van der Waals surface area contributed by atoms with Crippen molar-refractivity contribution in [3.8, 4) is 0 Å². The van der Waals surface area contributed by atoms with Crippen LogP contribution in [0.25, 0.3) is 0 Å². The Kier molecular flexibility index (Phi) is 13.5. The van der Waals surface area contributed by atoms with E-state index in [0.29, 0.717) is 18.2 Å². The monoisotopic (exact) mass is 523 g/mol. The van der Waals surface area contributed by atoms with E-state index in [1.54, 1.807) is 0 Å². The summed E-state index contributed by atoms with van der Waals surface area (Å²) in [6, 6.07) is 2.12. The fraction of sp³-hybridized carbons (Fsp3) is 1.00. The maximum atomic E-state index is 9.79. The van der Waals surface area contributed by atoms with Crippen LogP contribution in [0.3, 0.4) is 0 Å². The molecule has 0 bridgehead atoms. The van der Waals surface area contributed by atoms with Crippen LogP contribution in [0.4, 0.5) is 0 Å². The van der Waals surface area contributed by atoms with Gasteiger partial charge in [0.15, 0.2) is 0 Å². The van der Waals surface area contributed by atoms with Crippen molar-refractivity contribution in [3.63, 3.8) is 0 Å². The summed E-state index contributed by atoms with van der Waals surface area (Å²) in [5.74, 6) is 0. The van der Waals surface area contributed by atoms with Crippen LogP contribution in [0.2, 0.25) is 0 Å². The van der Waals surface area contributed by atoms with E-state index in [-0.39, 0.29) is 7.53 Å². The lowest BCUT2D eigenvalue weighted by Crippen LogP contribution is -2.49. The van der Waals surface area contributed by atoms with E-state index in [1.807, 2.05) is 0 Å². The first-order chi connectivity index (χ1) is 18.3. The van der Waals surface area contributed by atoms with Crippen molar-refractivity contribution >= 4 is 0 Å². The Labute approximate surface area is 230 Å². The first-order valence-electron chi connectivity index (χ1n) is 16.5. The molecule has 7 rings (SSSR count). The number of fused-ring (bicyclic) bond motifs is 1. The lowest BCUT2D eigenvalue weighted by Gasteiger charge is -2.37. The highest BCUT2D eigenvalue weighted by Crippen LogP contribution is 2.35. The third-order valence-corrected chi connectivity index (χ3v) is 9.89. The zero-order valence-electron chi connectivity index (χ0n) is 24.2. The van der Waals surface area contributed by atoms with E-state index in [4.69, 9.17) is 4.74 Å². The van der Waals surface area contributed by atoms with Crippen molar-refractivity contribution < 1.29 is 11.3 Å². The number of ether oxygens (including phenoxy) is 1. The van der Waals surface area contributed by atoms with Crippen molar-refractivity contribution in [1.29, 1.82) is 0 Å². The second-order valence-corrected chi connectivity index (χ2v) is 12.6. The van der Waals surface area contributed by atoms with E-state index >= 15 is 0 Å². The van der Waals surface area contributed by atoms with Gasteiger partial charge in [0.2, 0.25) is 0 Å². The van der Waals surface area contributed by atoms with Gasteiger partial charge in [0, 0.05) is 19.6 Å². The Bertz CT molecular complexity index is 579. The highest BCUT2D eigenvalue weighted by atomic mass is 16.6. The molecule has 0 aromatic heterocycles. The SMILES string of the molecule is C1CCC2OC2C1.C1CCNC1.CN[C@H]1CCCC[C@@H]1N1CCCC1.O[C@@H]1CCCC[C@@H]1N1CCCC1.[2HH]. The highest BCUT2D eigenvalue weighted by molar-refractivity contribution is 4.89. The third-order valence-electron chi connectivity index (χ3n) is 9.89. The molecule has 3 saturated carbocycles. The molecule has 7 fully saturated rings. The van der Waals surface area contributed by atoms with Gasteiger partial charge < -0.3 is 20.5 Å². The van der Waals surface area contributed by atoms with Gasteiger partial charge in [-0.1, -0.05) is 38.5 Å². The van der Waals surface area contributed by atoms with E-state index in [1.165, 1.54) is 148 Å². The van der Waals surface area contributed by atoms with Crippen molar-refractivity contribution in [2.75, 3.05) is 46.3 Å². The van der Waals surface area contributed by atoms with Gasteiger partial charge >= 0.3 is 0 Å². The molecule has 0 radical (unpaired) electrons. The van der Waals surface area contributed by atoms with Crippen LogP contribution >= 0.6 is 0 Å². The van der Waals surface area contributed by atoms with Gasteiger partial charge in [0.05, 0.1) is 18.3 Å².